The number of carbonyl (C=O) groups is 1. The number of benzene rings is 1. The average Bonchev–Trinajstić information content (AvgIpc) is 3.05. The number of amidine groups is 1. The molecule has 2 N–H and O–H groups in total. The smallest absolute Gasteiger partial charge is 0.416 e. The first-order valence-electron chi connectivity index (χ1n) is 6.67. The lowest BCUT2D eigenvalue weighted by Crippen LogP contribution is -2.16. The fraction of sp³-hybridized carbons (Fsp3) is 0.200. The van der Waals surface area contributed by atoms with E-state index < -0.39 is 17.7 Å². The van der Waals surface area contributed by atoms with E-state index in [9.17, 15) is 18.0 Å². The minimum atomic E-state index is -4.46. The first-order valence-corrected chi connectivity index (χ1v) is 7.83. The van der Waals surface area contributed by atoms with Gasteiger partial charge in [-0.3, -0.25) is 0 Å². The Balaban J connectivity index is 1.82. The number of nitrogens with two attached hydrogens (primary N) is 1. The summed E-state index contributed by atoms with van der Waals surface area (Å²) in [6.45, 7) is 0. The van der Waals surface area contributed by atoms with Crippen LogP contribution in [0.4, 0.5) is 13.2 Å². The third kappa shape index (κ3) is 5.34. The van der Waals surface area contributed by atoms with Crippen LogP contribution in [0.3, 0.4) is 0 Å². The van der Waals surface area contributed by atoms with Crippen molar-refractivity contribution in [3.63, 3.8) is 0 Å². The predicted octanol–water partition coefficient (Wildman–Crippen LogP) is 3.66. The molecule has 0 spiro atoms. The third-order valence-corrected chi connectivity index (χ3v) is 3.76. The summed E-state index contributed by atoms with van der Waals surface area (Å²) in [5, 5.41) is 3.46. The van der Waals surface area contributed by atoms with Crippen LogP contribution >= 0.6 is 11.8 Å². The van der Waals surface area contributed by atoms with Crippen molar-refractivity contribution < 1.29 is 27.2 Å². The summed E-state index contributed by atoms with van der Waals surface area (Å²) in [6.07, 6.45) is -2.91. The number of thioether (sulfide) groups is 1. The summed E-state index contributed by atoms with van der Waals surface area (Å²) in [5.74, 6) is 0.848. The minimum Gasteiger partial charge on any atom is -0.468 e. The number of halogens is 3. The average molecular weight is 358 g/mol. The number of carbonyl (C=O) groups excluding carboxylic acids is 1. The van der Waals surface area contributed by atoms with Gasteiger partial charge in [0.05, 0.1) is 28.9 Å². The van der Waals surface area contributed by atoms with Crippen LogP contribution in [-0.4, -0.2) is 17.6 Å². The number of rotatable bonds is 6. The molecule has 0 saturated heterocycles. The Morgan fingerprint density at radius 2 is 1.96 bits per heavy atom. The van der Waals surface area contributed by atoms with Crippen LogP contribution in [0.5, 0.6) is 0 Å². The van der Waals surface area contributed by atoms with E-state index in [4.69, 9.17) is 10.2 Å². The van der Waals surface area contributed by atoms with E-state index in [2.05, 4.69) is 9.99 Å². The van der Waals surface area contributed by atoms with E-state index in [0.29, 0.717) is 11.5 Å². The lowest BCUT2D eigenvalue weighted by Gasteiger charge is -2.06. The molecule has 2 rings (SSSR count). The molecule has 0 bridgehead atoms. The van der Waals surface area contributed by atoms with E-state index in [0.717, 1.165) is 30.0 Å². The van der Waals surface area contributed by atoms with E-state index in [1.54, 1.807) is 12.3 Å². The molecule has 0 atom stereocenters. The van der Waals surface area contributed by atoms with Crippen LogP contribution in [-0.2, 0) is 16.8 Å². The van der Waals surface area contributed by atoms with Crippen molar-refractivity contribution in [2.45, 2.75) is 11.9 Å². The molecule has 0 aliphatic carbocycles. The lowest BCUT2D eigenvalue weighted by atomic mass is 10.1. The Hall–Kier alpha value is -2.42. The van der Waals surface area contributed by atoms with E-state index >= 15 is 0 Å². The summed E-state index contributed by atoms with van der Waals surface area (Å²) in [4.78, 5) is 16.3. The van der Waals surface area contributed by atoms with Gasteiger partial charge in [0.2, 0.25) is 0 Å². The van der Waals surface area contributed by atoms with Gasteiger partial charge in [0.25, 0.3) is 0 Å². The maximum atomic E-state index is 12.4. The molecule has 0 aliphatic rings. The van der Waals surface area contributed by atoms with Gasteiger partial charge in [-0.15, -0.1) is 11.8 Å². The number of oxime groups is 1. The van der Waals surface area contributed by atoms with Gasteiger partial charge in [0, 0.05) is 0 Å². The number of hydrogen-bond acceptors (Lipinski definition) is 5. The Kier molecular flexibility index (Phi) is 5.91. The second kappa shape index (κ2) is 7.91. The third-order valence-electron chi connectivity index (χ3n) is 2.77. The van der Waals surface area contributed by atoms with Crippen molar-refractivity contribution in [2.24, 2.45) is 10.9 Å². The highest BCUT2D eigenvalue weighted by Gasteiger charge is 2.30. The van der Waals surface area contributed by atoms with Gasteiger partial charge in [-0.05, 0) is 36.4 Å². The molecule has 9 heteroatoms. The molecule has 0 radical (unpaired) electrons. The zero-order valence-electron chi connectivity index (χ0n) is 12.2. The van der Waals surface area contributed by atoms with Crippen molar-refractivity contribution in [3.05, 3.63) is 59.5 Å². The maximum Gasteiger partial charge on any atom is 0.416 e. The van der Waals surface area contributed by atoms with Crippen LogP contribution in [0.2, 0.25) is 0 Å². The van der Waals surface area contributed by atoms with Gasteiger partial charge in [0.15, 0.2) is 0 Å². The molecule has 5 nitrogen and oxygen atoms in total. The molecule has 0 aliphatic heterocycles. The Bertz CT molecular complexity index is 698. The summed E-state index contributed by atoms with van der Waals surface area (Å²) in [5.41, 5.74) is 4.69. The molecule has 1 aromatic heterocycles. The molecule has 24 heavy (non-hydrogen) atoms. The monoisotopic (exact) mass is 358 g/mol. The minimum absolute atomic E-state index is 0.0530. The van der Waals surface area contributed by atoms with E-state index in [-0.39, 0.29) is 11.4 Å². The maximum absolute atomic E-state index is 12.4. The summed E-state index contributed by atoms with van der Waals surface area (Å²) >= 11 is 1.41. The Morgan fingerprint density at radius 1 is 1.25 bits per heavy atom. The quantitative estimate of drug-likeness (QED) is 0.369. The highest BCUT2D eigenvalue weighted by atomic mass is 32.2. The van der Waals surface area contributed by atoms with Crippen LogP contribution in [0.15, 0.2) is 52.2 Å². The molecule has 0 saturated carbocycles. The first-order chi connectivity index (χ1) is 11.4. The molecule has 1 aromatic carbocycles. The molecule has 128 valence electrons. The zero-order valence-corrected chi connectivity index (χ0v) is 13.1. The van der Waals surface area contributed by atoms with Crippen molar-refractivity contribution in [1.82, 2.24) is 0 Å². The first kappa shape index (κ1) is 17.9. The summed E-state index contributed by atoms with van der Waals surface area (Å²) < 4.78 is 42.4. The fourth-order valence-corrected chi connectivity index (χ4v) is 2.35. The molecule has 0 fully saturated rings. The van der Waals surface area contributed by atoms with Gasteiger partial charge in [-0.25, -0.2) is 4.79 Å². The molecular formula is C15H13F3N2O3S. The van der Waals surface area contributed by atoms with Crippen LogP contribution in [0, 0.1) is 0 Å². The number of alkyl halides is 3. The van der Waals surface area contributed by atoms with Crippen LogP contribution < -0.4 is 5.73 Å². The standard InChI is InChI=1S/C15H13F3N2O3S/c16-15(17,18)11-5-3-10(4-6-11)14(21)23-20-13(19)9-24-8-12-2-1-7-22-12/h1-7H,8-9H2,(H2,19,20). The van der Waals surface area contributed by atoms with Crippen LogP contribution in [0.1, 0.15) is 21.7 Å². The Morgan fingerprint density at radius 3 is 2.54 bits per heavy atom. The number of furan rings is 1. The largest absolute Gasteiger partial charge is 0.468 e. The van der Waals surface area contributed by atoms with Crippen molar-refractivity contribution in [2.75, 3.05) is 5.75 Å². The van der Waals surface area contributed by atoms with Gasteiger partial charge >= 0.3 is 12.1 Å². The Labute approximate surface area is 139 Å². The van der Waals surface area contributed by atoms with Gasteiger partial charge in [-0.1, -0.05) is 5.16 Å². The molecule has 2 aromatic rings. The lowest BCUT2D eigenvalue weighted by molar-refractivity contribution is -0.137. The fourth-order valence-electron chi connectivity index (χ4n) is 1.63. The highest BCUT2D eigenvalue weighted by Crippen LogP contribution is 2.29. The van der Waals surface area contributed by atoms with Gasteiger partial charge < -0.3 is 15.0 Å². The second-order valence-electron chi connectivity index (χ2n) is 4.61. The number of nitrogens with zero attached hydrogens (tertiary/aromatic N) is 1. The molecular weight excluding hydrogens is 345 g/mol. The summed E-state index contributed by atoms with van der Waals surface area (Å²) in [6, 6.07) is 7.20. The SMILES string of the molecule is N/C(CSCc1ccco1)=N/OC(=O)c1ccc(C(F)(F)F)cc1. The van der Waals surface area contributed by atoms with Crippen molar-refractivity contribution in [1.29, 1.82) is 0 Å². The highest BCUT2D eigenvalue weighted by molar-refractivity contribution is 7.99. The normalized spacial score (nSPS) is 12.2. The molecule has 1 heterocycles. The molecule has 0 unspecified atom stereocenters. The van der Waals surface area contributed by atoms with Gasteiger partial charge in [-0.2, -0.15) is 13.2 Å². The topological polar surface area (TPSA) is 77.8 Å². The van der Waals surface area contributed by atoms with E-state index in [1.807, 2.05) is 6.07 Å². The van der Waals surface area contributed by atoms with Crippen LogP contribution in [0.25, 0.3) is 0 Å². The second-order valence-corrected chi connectivity index (χ2v) is 5.59. The summed E-state index contributed by atoms with van der Waals surface area (Å²) in [7, 11) is 0. The number of hydrogen-bond donors (Lipinski definition) is 1. The molecule has 0 amide bonds. The van der Waals surface area contributed by atoms with Gasteiger partial charge in [0.1, 0.15) is 11.6 Å². The zero-order chi connectivity index (χ0) is 17.6. The predicted molar refractivity (Wildman–Crippen MR) is 83.4 cm³/mol. The van der Waals surface area contributed by atoms with Crippen molar-refractivity contribution >= 4 is 23.6 Å². The van der Waals surface area contributed by atoms with E-state index in [1.165, 1.54) is 11.8 Å². The van der Waals surface area contributed by atoms with Crippen molar-refractivity contribution in [3.8, 4) is 0 Å².